The molecule has 0 saturated carbocycles. The number of benzene rings is 2. The van der Waals surface area contributed by atoms with E-state index in [2.05, 4.69) is 0 Å². The van der Waals surface area contributed by atoms with Gasteiger partial charge in [0.15, 0.2) is 0 Å². The Bertz CT molecular complexity index is 749. The zero-order chi connectivity index (χ0) is 17.2. The van der Waals surface area contributed by atoms with Crippen molar-refractivity contribution in [2.24, 2.45) is 0 Å². The molecule has 0 bridgehead atoms. The van der Waals surface area contributed by atoms with E-state index in [9.17, 15) is 27.7 Å². The van der Waals surface area contributed by atoms with Crippen LogP contribution in [0.25, 0.3) is 0 Å². The van der Waals surface area contributed by atoms with E-state index in [4.69, 9.17) is 16.3 Å². The molecule has 0 N–H and O–H groups in total. The van der Waals surface area contributed by atoms with Gasteiger partial charge in [0.05, 0.1) is 15.5 Å². The van der Waals surface area contributed by atoms with Gasteiger partial charge in [-0.05, 0) is 23.8 Å². The summed E-state index contributed by atoms with van der Waals surface area (Å²) < 4.78 is 56.0. The van der Waals surface area contributed by atoms with E-state index in [1.54, 1.807) is 0 Å². The summed E-state index contributed by atoms with van der Waals surface area (Å²) >= 11 is 5.80. The largest absolute Gasteiger partial charge is 0.487 e. The summed E-state index contributed by atoms with van der Waals surface area (Å²) in [6.07, 6.45) is -4.77. The second kappa shape index (κ2) is 6.41. The van der Waals surface area contributed by atoms with Gasteiger partial charge in [-0.3, -0.25) is 10.1 Å². The smallest absolute Gasteiger partial charge is 0.419 e. The Morgan fingerprint density at radius 2 is 1.87 bits per heavy atom. The lowest BCUT2D eigenvalue weighted by Crippen LogP contribution is -2.09. The molecular weight excluding hydrogens is 342 g/mol. The Balaban J connectivity index is 2.12. The average molecular weight is 350 g/mol. The maximum absolute atomic E-state index is 13.4. The van der Waals surface area contributed by atoms with Gasteiger partial charge < -0.3 is 4.74 Å². The highest BCUT2D eigenvalue weighted by Crippen LogP contribution is 2.32. The van der Waals surface area contributed by atoms with Crippen LogP contribution in [-0.2, 0) is 12.8 Å². The Kier molecular flexibility index (Phi) is 4.74. The van der Waals surface area contributed by atoms with Gasteiger partial charge >= 0.3 is 6.18 Å². The van der Waals surface area contributed by atoms with Gasteiger partial charge in [0.1, 0.15) is 18.2 Å². The summed E-state index contributed by atoms with van der Waals surface area (Å²) in [6, 6.07) is 5.89. The predicted octanol–water partition coefficient (Wildman–Crippen LogP) is 4.99. The van der Waals surface area contributed by atoms with Crippen LogP contribution < -0.4 is 4.74 Å². The number of non-ortho nitro benzene ring substituents is 1. The number of hydrogen-bond donors (Lipinski definition) is 0. The van der Waals surface area contributed by atoms with Crippen LogP contribution in [0.4, 0.5) is 23.2 Å². The maximum atomic E-state index is 13.4. The lowest BCUT2D eigenvalue weighted by atomic mass is 10.1. The molecule has 0 fully saturated rings. The minimum absolute atomic E-state index is 0.0356. The Morgan fingerprint density at radius 1 is 1.17 bits per heavy atom. The number of nitro groups is 1. The zero-order valence-electron chi connectivity index (χ0n) is 11.2. The maximum Gasteiger partial charge on any atom is 0.419 e. The van der Waals surface area contributed by atoms with Crippen molar-refractivity contribution < 1.29 is 27.2 Å². The molecule has 122 valence electrons. The third kappa shape index (κ3) is 4.10. The second-order valence-electron chi connectivity index (χ2n) is 4.47. The number of rotatable bonds is 4. The van der Waals surface area contributed by atoms with Crippen molar-refractivity contribution in [1.29, 1.82) is 0 Å². The Hall–Kier alpha value is -2.35. The SMILES string of the molecule is O=[N+]([O-])c1ccc(OCc2ccc(C(F)(F)F)c(F)c2)c(Cl)c1. The van der Waals surface area contributed by atoms with Gasteiger partial charge in [-0.1, -0.05) is 17.7 Å². The van der Waals surface area contributed by atoms with Crippen LogP contribution in [0.1, 0.15) is 11.1 Å². The van der Waals surface area contributed by atoms with E-state index >= 15 is 0 Å². The fourth-order valence-corrected chi connectivity index (χ4v) is 1.99. The quantitative estimate of drug-likeness (QED) is 0.444. The number of alkyl halides is 3. The standard InChI is InChI=1S/C14H8ClF4NO3/c15-11-6-9(20(21)22)2-4-13(11)23-7-8-1-3-10(12(16)5-8)14(17,18)19/h1-6H,7H2. The minimum Gasteiger partial charge on any atom is -0.487 e. The first-order valence-electron chi connectivity index (χ1n) is 6.11. The van der Waals surface area contributed by atoms with E-state index in [1.807, 2.05) is 0 Å². The molecule has 4 nitrogen and oxygen atoms in total. The molecule has 2 aromatic rings. The summed E-state index contributed by atoms with van der Waals surface area (Å²) in [5.41, 5.74) is -1.44. The third-order valence-corrected chi connectivity index (χ3v) is 3.15. The fraction of sp³-hybridized carbons (Fsp3) is 0.143. The van der Waals surface area contributed by atoms with Crippen molar-refractivity contribution in [2.45, 2.75) is 12.8 Å². The number of ether oxygens (including phenoxy) is 1. The molecule has 0 unspecified atom stereocenters. The first kappa shape index (κ1) is 17.0. The van der Waals surface area contributed by atoms with E-state index in [1.165, 1.54) is 6.07 Å². The monoisotopic (exact) mass is 349 g/mol. The molecule has 0 radical (unpaired) electrons. The summed E-state index contributed by atoms with van der Waals surface area (Å²) in [4.78, 5) is 9.93. The van der Waals surface area contributed by atoms with E-state index < -0.39 is 22.5 Å². The predicted molar refractivity (Wildman–Crippen MR) is 73.8 cm³/mol. The van der Waals surface area contributed by atoms with Gasteiger partial charge in [-0.15, -0.1) is 0 Å². The van der Waals surface area contributed by atoms with Crippen LogP contribution in [0.15, 0.2) is 36.4 Å². The highest BCUT2D eigenvalue weighted by atomic mass is 35.5. The van der Waals surface area contributed by atoms with E-state index in [0.717, 1.165) is 18.2 Å². The third-order valence-electron chi connectivity index (χ3n) is 2.86. The molecule has 0 aliphatic carbocycles. The Morgan fingerprint density at radius 3 is 2.39 bits per heavy atom. The van der Waals surface area contributed by atoms with Crippen LogP contribution in [0, 0.1) is 15.9 Å². The van der Waals surface area contributed by atoms with Crippen molar-refractivity contribution in [2.75, 3.05) is 0 Å². The number of nitrogens with zero attached hydrogens (tertiary/aromatic N) is 1. The molecular formula is C14H8ClF4NO3. The molecule has 0 aliphatic heterocycles. The summed E-state index contributed by atoms with van der Waals surface area (Å²) in [7, 11) is 0. The van der Waals surface area contributed by atoms with Crippen LogP contribution in [0.2, 0.25) is 5.02 Å². The fourth-order valence-electron chi connectivity index (χ4n) is 1.76. The normalized spacial score (nSPS) is 11.3. The number of nitro benzene ring substituents is 1. The van der Waals surface area contributed by atoms with Crippen LogP contribution in [0.3, 0.4) is 0 Å². The van der Waals surface area contributed by atoms with Crippen molar-refractivity contribution in [3.63, 3.8) is 0 Å². The minimum atomic E-state index is -4.77. The van der Waals surface area contributed by atoms with Gasteiger partial charge in [-0.2, -0.15) is 13.2 Å². The molecule has 2 rings (SSSR count). The van der Waals surface area contributed by atoms with Crippen molar-refractivity contribution in [3.05, 3.63) is 68.5 Å². The lowest BCUT2D eigenvalue weighted by Gasteiger charge is -2.11. The summed E-state index contributed by atoms with van der Waals surface area (Å²) in [6.45, 7) is -0.243. The molecule has 0 heterocycles. The molecule has 0 aliphatic rings. The molecule has 0 aromatic heterocycles. The number of halogens is 5. The molecule has 0 amide bonds. The van der Waals surface area contributed by atoms with E-state index in [-0.39, 0.29) is 28.6 Å². The molecule has 23 heavy (non-hydrogen) atoms. The van der Waals surface area contributed by atoms with Crippen LogP contribution in [-0.4, -0.2) is 4.92 Å². The van der Waals surface area contributed by atoms with Crippen LogP contribution in [0.5, 0.6) is 5.75 Å². The molecule has 0 atom stereocenters. The highest BCUT2D eigenvalue weighted by molar-refractivity contribution is 6.32. The van der Waals surface area contributed by atoms with Gasteiger partial charge in [0.25, 0.3) is 5.69 Å². The molecule has 0 spiro atoms. The topological polar surface area (TPSA) is 52.4 Å². The van der Waals surface area contributed by atoms with Gasteiger partial charge in [-0.25, -0.2) is 4.39 Å². The Labute approximate surface area is 132 Å². The van der Waals surface area contributed by atoms with Gasteiger partial charge in [0, 0.05) is 12.1 Å². The molecule has 0 saturated heterocycles. The molecule has 9 heteroatoms. The van der Waals surface area contributed by atoms with Crippen molar-refractivity contribution >= 4 is 17.3 Å². The average Bonchev–Trinajstić information content (AvgIpc) is 2.44. The first-order chi connectivity index (χ1) is 10.7. The first-order valence-corrected chi connectivity index (χ1v) is 6.48. The summed E-state index contributed by atoms with van der Waals surface area (Å²) in [5.74, 6) is -1.31. The lowest BCUT2D eigenvalue weighted by molar-refractivity contribution is -0.384. The van der Waals surface area contributed by atoms with Crippen molar-refractivity contribution in [3.8, 4) is 5.75 Å². The summed E-state index contributed by atoms with van der Waals surface area (Å²) in [5, 5.41) is 10.5. The second-order valence-corrected chi connectivity index (χ2v) is 4.88. The van der Waals surface area contributed by atoms with Gasteiger partial charge in [0.2, 0.25) is 0 Å². The van der Waals surface area contributed by atoms with Crippen molar-refractivity contribution in [1.82, 2.24) is 0 Å². The highest BCUT2D eigenvalue weighted by Gasteiger charge is 2.33. The number of hydrogen-bond acceptors (Lipinski definition) is 3. The zero-order valence-corrected chi connectivity index (χ0v) is 12.0. The molecule has 2 aromatic carbocycles. The van der Waals surface area contributed by atoms with E-state index in [0.29, 0.717) is 12.1 Å². The van der Waals surface area contributed by atoms with Crippen LogP contribution >= 0.6 is 11.6 Å².